The Hall–Kier alpha value is -2.95. The summed E-state index contributed by atoms with van der Waals surface area (Å²) in [4.78, 5) is 24.5. The molecule has 0 amide bonds. The van der Waals surface area contributed by atoms with Crippen LogP contribution in [0.15, 0.2) is 58.0 Å². The van der Waals surface area contributed by atoms with Gasteiger partial charge in [0.25, 0.3) is 0 Å². The molecular weight excluding hydrogens is 294 g/mol. The fraction of sp³-hybridized carbons (Fsp3) is 0.167. The average molecular weight is 310 g/mol. The number of benzene rings is 1. The van der Waals surface area contributed by atoms with Crippen molar-refractivity contribution in [1.29, 1.82) is 0 Å². The first-order valence-electron chi connectivity index (χ1n) is 7.17. The van der Waals surface area contributed by atoms with Gasteiger partial charge >= 0.3 is 5.63 Å². The van der Waals surface area contributed by atoms with Crippen LogP contribution in [0.4, 0.5) is 0 Å². The first kappa shape index (κ1) is 15.0. The van der Waals surface area contributed by atoms with Crippen molar-refractivity contribution in [3.63, 3.8) is 0 Å². The lowest BCUT2D eigenvalue weighted by Crippen LogP contribution is -2.38. The molecule has 0 aliphatic carbocycles. The van der Waals surface area contributed by atoms with E-state index in [1.54, 1.807) is 42.1 Å². The van der Waals surface area contributed by atoms with Gasteiger partial charge in [-0.1, -0.05) is 0 Å². The standard InChI is InChI=1S/C18H16NO4/c1-12-4-3-7-19(10-12)11-16(20)15-9-13-8-14(22-2)5-6-17(13)23-18(15)21/h3-10H,11H2,1-2H3/q+1. The lowest BCUT2D eigenvalue weighted by Gasteiger charge is -2.03. The second-order valence-corrected chi connectivity index (χ2v) is 5.33. The lowest BCUT2D eigenvalue weighted by atomic mass is 10.1. The number of aryl methyl sites for hydroxylation is 1. The van der Waals surface area contributed by atoms with Crippen LogP contribution in [0.2, 0.25) is 0 Å². The van der Waals surface area contributed by atoms with Crippen LogP contribution in [-0.2, 0) is 6.54 Å². The van der Waals surface area contributed by atoms with Gasteiger partial charge in [-0.3, -0.25) is 4.79 Å². The predicted molar refractivity (Wildman–Crippen MR) is 84.7 cm³/mol. The molecule has 0 bridgehead atoms. The summed E-state index contributed by atoms with van der Waals surface area (Å²) in [7, 11) is 1.56. The Morgan fingerprint density at radius 1 is 1.26 bits per heavy atom. The molecule has 0 spiro atoms. The number of rotatable bonds is 4. The van der Waals surface area contributed by atoms with Crippen LogP contribution in [-0.4, -0.2) is 12.9 Å². The van der Waals surface area contributed by atoms with E-state index in [2.05, 4.69) is 0 Å². The number of nitrogens with zero attached hydrogens (tertiary/aromatic N) is 1. The van der Waals surface area contributed by atoms with Crippen LogP contribution in [0.5, 0.6) is 5.75 Å². The van der Waals surface area contributed by atoms with Gasteiger partial charge in [-0.2, -0.15) is 4.57 Å². The van der Waals surface area contributed by atoms with Gasteiger partial charge in [0.15, 0.2) is 12.4 Å². The summed E-state index contributed by atoms with van der Waals surface area (Å²) in [6.45, 7) is 2.03. The predicted octanol–water partition coefficient (Wildman–Crippen LogP) is 2.28. The normalized spacial score (nSPS) is 10.7. The number of pyridine rings is 1. The number of hydrogen-bond acceptors (Lipinski definition) is 4. The molecule has 0 N–H and O–H groups in total. The van der Waals surface area contributed by atoms with Gasteiger partial charge in [-0.25, -0.2) is 4.79 Å². The highest BCUT2D eigenvalue weighted by atomic mass is 16.5. The number of aromatic nitrogens is 1. The van der Waals surface area contributed by atoms with E-state index in [0.717, 1.165) is 5.56 Å². The Morgan fingerprint density at radius 2 is 2.09 bits per heavy atom. The van der Waals surface area contributed by atoms with E-state index in [9.17, 15) is 9.59 Å². The van der Waals surface area contributed by atoms with E-state index in [1.807, 2.05) is 25.3 Å². The average Bonchev–Trinajstić information content (AvgIpc) is 2.53. The van der Waals surface area contributed by atoms with Crippen molar-refractivity contribution in [3.05, 3.63) is 70.3 Å². The van der Waals surface area contributed by atoms with Crippen molar-refractivity contribution in [3.8, 4) is 5.75 Å². The number of fused-ring (bicyclic) bond motifs is 1. The van der Waals surface area contributed by atoms with Crippen LogP contribution in [0.25, 0.3) is 11.0 Å². The molecule has 2 heterocycles. The van der Waals surface area contributed by atoms with Crippen LogP contribution >= 0.6 is 0 Å². The zero-order valence-electron chi connectivity index (χ0n) is 12.9. The third-order valence-electron chi connectivity index (χ3n) is 3.57. The van der Waals surface area contributed by atoms with E-state index in [0.29, 0.717) is 16.7 Å². The molecule has 116 valence electrons. The smallest absolute Gasteiger partial charge is 0.347 e. The van der Waals surface area contributed by atoms with E-state index in [1.165, 1.54) is 0 Å². The second kappa shape index (κ2) is 6.04. The Bertz CT molecular complexity index is 943. The quantitative estimate of drug-likeness (QED) is 0.421. The molecule has 3 rings (SSSR count). The number of ether oxygens (including phenoxy) is 1. The number of carbonyl (C=O) groups is 1. The van der Waals surface area contributed by atoms with E-state index >= 15 is 0 Å². The van der Waals surface area contributed by atoms with Crippen molar-refractivity contribution in [1.82, 2.24) is 0 Å². The van der Waals surface area contributed by atoms with E-state index < -0.39 is 5.63 Å². The third-order valence-corrected chi connectivity index (χ3v) is 3.57. The summed E-state index contributed by atoms with van der Waals surface area (Å²) in [5, 5.41) is 0.654. The largest absolute Gasteiger partial charge is 0.497 e. The molecule has 0 saturated heterocycles. The molecule has 0 aliphatic rings. The Labute approximate surface area is 132 Å². The Kier molecular flexibility index (Phi) is 3.93. The van der Waals surface area contributed by atoms with Crippen LogP contribution in [0, 0.1) is 6.92 Å². The number of ketones is 1. The van der Waals surface area contributed by atoms with Gasteiger partial charge in [0, 0.05) is 17.0 Å². The molecule has 1 aromatic carbocycles. The molecule has 0 radical (unpaired) electrons. The van der Waals surface area contributed by atoms with Crippen molar-refractivity contribution in [2.45, 2.75) is 13.5 Å². The third kappa shape index (κ3) is 3.13. The molecule has 2 aromatic heterocycles. The van der Waals surface area contributed by atoms with Crippen molar-refractivity contribution in [2.75, 3.05) is 7.11 Å². The van der Waals surface area contributed by atoms with Gasteiger partial charge in [0.1, 0.15) is 16.9 Å². The fourth-order valence-corrected chi connectivity index (χ4v) is 2.43. The van der Waals surface area contributed by atoms with Gasteiger partial charge in [-0.05, 0) is 37.3 Å². The zero-order valence-corrected chi connectivity index (χ0v) is 12.9. The molecule has 5 nitrogen and oxygen atoms in total. The Balaban J connectivity index is 1.99. The fourth-order valence-electron chi connectivity index (χ4n) is 2.43. The summed E-state index contributed by atoms with van der Waals surface area (Å²) >= 11 is 0. The highest BCUT2D eigenvalue weighted by molar-refractivity contribution is 5.97. The highest BCUT2D eigenvalue weighted by Gasteiger charge is 2.18. The molecular formula is C18H16NO4+. The number of Topliss-reactive ketones (excluding diaryl/α,β-unsaturated/α-hetero) is 1. The maximum Gasteiger partial charge on any atom is 0.347 e. The van der Waals surface area contributed by atoms with E-state index in [-0.39, 0.29) is 17.9 Å². The van der Waals surface area contributed by atoms with Crippen molar-refractivity contribution in [2.24, 2.45) is 0 Å². The van der Waals surface area contributed by atoms with E-state index in [4.69, 9.17) is 9.15 Å². The maximum atomic E-state index is 12.4. The molecule has 23 heavy (non-hydrogen) atoms. The molecule has 5 heteroatoms. The Morgan fingerprint density at radius 3 is 2.83 bits per heavy atom. The van der Waals surface area contributed by atoms with Gasteiger partial charge in [0.05, 0.1) is 7.11 Å². The first-order chi connectivity index (χ1) is 11.1. The molecule has 0 atom stereocenters. The summed E-state index contributed by atoms with van der Waals surface area (Å²) in [5.74, 6) is 0.344. The molecule has 0 saturated carbocycles. The van der Waals surface area contributed by atoms with Crippen molar-refractivity contribution < 1.29 is 18.5 Å². The summed E-state index contributed by atoms with van der Waals surface area (Å²) in [6.07, 6.45) is 3.64. The minimum absolute atomic E-state index is 0.0414. The van der Waals surface area contributed by atoms with Crippen LogP contribution < -0.4 is 14.9 Å². The lowest BCUT2D eigenvalue weighted by molar-refractivity contribution is -0.683. The topological polar surface area (TPSA) is 60.4 Å². The van der Waals surface area contributed by atoms with Gasteiger partial charge < -0.3 is 9.15 Å². The highest BCUT2D eigenvalue weighted by Crippen LogP contribution is 2.20. The minimum Gasteiger partial charge on any atom is -0.497 e. The molecule has 3 aromatic rings. The molecule has 0 aliphatic heterocycles. The number of carbonyl (C=O) groups excluding carboxylic acids is 1. The van der Waals surface area contributed by atoms with Crippen molar-refractivity contribution >= 4 is 16.8 Å². The zero-order chi connectivity index (χ0) is 16.4. The number of hydrogen-bond donors (Lipinski definition) is 0. The van der Waals surface area contributed by atoms with Crippen LogP contribution in [0.1, 0.15) is 15.9 Å². The molecule has 0 fully saturated rings. The SMILES string of the molecule is COc1ccc2oc(=O)c(C(=O)C[n+]3cccc(C)c3)cc2c1. The minimum atomic E-state index is -0.624. The number of methoxy groups -OCH3 is 1. The summed E-state index contributed by atoms with van der Waals surface area (Å²) < 4.78 is 12.1. The monoisotopic (exact) mass is 310 g/mol. The van der Waals surface area contributed by atoms with Gasteiger partial charge in [0.2, 0.25) is 12.3 Å². The summed E-state index contributed by atoms with van der Waals surface area (Å²) in [6, 6.07) is 10.4. The van der Waals surface area contributed by atoms with Crippen LogP contribution in [0.3, 0.4) is 0 Å². The van der Waals surface area contributed by atoms with Gasteiger partial charge in [-0.15, -0.1) is 0 Å². The molecule has 0 unspecified atom stereocenters. The first-order valence-corrected chi connectivity index (χ1v) is 7.17. The second-order valence-electron chi connectivity index (χ2n) is 5.33. The maximum absolute atomic E-state index is 12.4. The summed E-state index contributed by atoms with van der Waals surface area (Å²) in [5.41, 5.74) is 0.881.